The van der Waals surface area contributed by atoms with Crippen molar-refractivity contribution < 1.29 is 9.53 Å². The number of rotatable bonds is 8. The summed E-state index contributed by atoms with van der Waals surface area (Å²) < 4.78 is 6.26. The lowest BCUT2D eigenvalue weighted by Crippen LogP contribution is -2.41. The van der Waals surface area contributed by atoms with Gasteiger partial charge in [-0.2, -0.15) is 0 Å². The van der Waals surface area contributed by atoms with Crippen molar-refractivity contribution in [1.29, 1.82) is 0 Å². The monoisotopic (exact) mass is 398 g/mol. The third kappa shape index (κ3) is 6.11. The predicted molar refractivity (Wildman–Crippen MR) is 119 cm³/mol. The molecule has 0 bridgehead atoms. The van der Waals surface area contributed by atoms with Gasteiger partial charge in [0.2, 0.25) is 5.88 Å². The van der Waals surface area contributed by atoms with E-state index in [1.807, 2.05) is 26.8 Å². The van der Waals surface area contributed by atoms with E-state index < -0.39 is 0 Å². The van der Waals surface area contributed by atoms with Crippen molar-refractivity contribution in [2.75, 3.05) is 18.4 Å². The number of nitrogens with zero attached hydrogens (tertiary/aromatic N) is 1. The van der Waals surface area contributed by atoms with Gasteiger partial charge >= 0.3 is 6.03 Å². The van der Waals surface area contributed by atoms with Crippen molar-refractivity contribution >= 4 is 11.7 Å². The molecule has 1 heterocycles. The zero-order valence-corrected chi connectivity index (χ0v) is 18.7. The Bertz CT molecular complexity index is 841. The number of carbonyl (C=O) groups is 1. The lowest BCUT2D eigenvalue weighted by atomic mass is 10.1. The molecule has 1 unspecified atom stereocenters. The van der Waals surface area contributed by atoms with Crippen LogP contribution in [0.3, 0.4) is 0 Å². The third-order valence-corrected chi connectivity index (χ3v) is 4.86. The first-order valence-corrected chi connectivity index (χ1v) is 10.3. The number of anilines is 1. The standard InChI is InChI=1S/C23H34N4O2/c1-8-19(13-25-23(28)24-9-2)27-20-12-17(6)26-22(18(20)7)29-21-15(4)10-14(3)11-16(21)5/h10-12,19H,8-9,13H2,1-7H3,(H,26,27)(H2,24,25,28). The Hall–Kier alpha value is -2.76. The predicted octanol–water partition coefficient (Wildman–Crippen LogP) is 4.93. The third-order valence-electron chi connectivity index (χ3n) is 4.86. The van der Waals surface area contributed by atoms with Crippen LogP contribution in [0.1, 0.15) is 48.2 Å². The lowest BCUT2D eigenvalue weighted by Gasteiger charge is -2.22. The maximum Gasteiger partial charge on any atom is 0.314 e. The normalized spacial score (nSPS) is 11.7. The van der Waals surface area contributed by atoms with Crippen molar-refractivity contribution in [1.82, 2.24) is 15.6 Å². The van der Waals surface area contributed by atoms with Crippen LogP contribution >= 0.6 is 0 Å². The van der Waals surface area contributed by atoms with Crippen LogP contribution in [0.2, 0.25) is 0 Å². The summed E-state index contributed by atoms with van der Waals surface area (Å²) in [4.78, 5) is 16.3. The second-order valence-corrected chi connectivity index (χ2v) is 7.56. The minimum absolute atomic E-state index is 0.105. The number of amides is 2. The second kappa shape index (κ2) is 10.1. The molecule has 1 aromatic heterocycles. The lowest BCUT2D eigenvalue weighted by molar-refractivity contribution is 0.241. The van der Waals surface area contributed by atoms with E-state index in [-0.39, 0.29) is 12.1 Å². The van der Waals surface area contributed by atoms with Gasteiger partial charge in [-0.25, -0.2) is 9.78 Å². The second-order valence-electron chi connectivity index (χ2n) is 7.56. The summed E-state index contributed by atoms with van der Waals surface area (Å²) >= 11 is 0. The van der Waals surface area contributed by atoms with Crippen LogP contribution in [-0.2, 0) is 0 Å². The van der Waals surface area contributed by atoms with Gasteiger partial charge in [0.25, 0.3) is 0 Å². The van der Waals surface area contributed by atoms with E-state index in [2.05, 4.69) is 60.8 Å². The average Bonchev–Trinajstić information content (AvgIpc) is 2.64. The minimum Gasteiger partial charge on any atom is -0.438 e. The first-order valence-electron chi connectivity index (χ1n) is 10.3. The van der Waals surface area contributed by atoms with Gasteiger partial charge in [0, 0.05) is 36.1 Å². The van der Waals surface area contributed by atoms with E-state index in [9.17, 15) is 4.79 Å². The molecule has 0 aliphatic heterocycles. The number of nitrogens with one attached hydrogen (secondary N) is 3. The van der Waals surface area contributed by atoms with Crippen LogP contribution in [0.25, 0.3) is 0 Å². The Morgan fingerprint density at radius 2 is 1.69 bits per heavy atom. The first-order chi connectivity index (χ1) is 13.7. The van der Waals surface area contributed by atoms with Crippen LogP contribution in [-0.4, -0.2) is 30.1 Å². The molecule has 0 spiro atoms. The van der Waals surface area contributed by atoms with Crippen molar-refractivity contribution in [2.45, 2.75) is 60.9 Å². The molecule has 0 aliphatic rings. The van der Waals surface area contributed by atoms with Gasteiger partial charge < -0.3 is 20.7 Å². The highest BCUT2D eigenvalue weighted by Gasteiger charge is 2.16. The molecule has 1 aromatic carbocycles. The number of hydrogen-bond donors (Lipinski definition) is 3. The molecular weight excluding hydrogens is 364 g/mol. The molecule has 0 radical (unpaired) electrons. The molecular formula is C23H34N4O2. The van der Waals surface area contributed by atoms with E-state index in [1.54, 1.807) is 0 Å². The molecule has 6 heteroatoms. The summed E-state index contributed by atoms with van der Waals surface area (Å²) in [6, 6.07) is 6.21. The van der Waals surface area contributed by atoms with Gasteiger partial charge in [0.05, 0.1) is 0 Å². The molecule has 6 nitrogen and oxygen atoms in total. The Balaban J connectivity index is 2.23. The summed E-state index contributed by atoms with van der Waals surface area (Å²) in [5.74, 6) is 1.46. The molecule has 2 amide bonds. The molecule has 2 rings (SSSR count). The molecule has 3 N–H and O–H groups in total. The number of hydrogen-bond acceptors (Lipinski definition) is 4. The van der Waals surface area contributed by atoms with Crippen LogP contribution < -0.4 is 20.7 Å². The highest BCUT2D eigenvalue weighted by molar-refractivity contribution is 5.73. The Morgan fingerprint density at radius 3 is 2.28 bits per heavy atom. The van der Waals surface area contributed by atoms with E-state index in [0.717, 1.165) is 40.2 Å². The number of urea groups is 1. The summed E-state index contributed by atoms with van der Waals surface area (Å²) in [5.41, 5.74) is 6.21. The van der Waals surface area contributed by atoms with Gasteiger partial charge in [0.1, 0.15) is 5.75 Å². The minimum atomic E-state index is -0.148. The fraction of sp³-hybridized carbons (Fsp3) is 0.478. The number of ether oxygens (including phenoxy) is 1. The van der Waals surface area contributed by atoms with Gasteiger partial charge in [-0.05, 0) is 65.2 Å². The Labute approximate surface area is 174 Å². The smallest absolute Gasteiger partial charge is 0.314 e. The summed E-state index contributed by atoms with van der Waals surface area (Å²) in [6.07, 6.45) is 0.875. The molecule has 158 valence electrons. The van der Waals surface area contributed by atoms with E-state index in [1.165, 1.54) is 5.56 Å². The van der Waals surface area contributed by atoms with Crippen LogP contribution in [0.5, 0.6) is 11.6 Å². The molecule has 0 aliphatic carbocycles. The Morgan fingerprint density at radius 1 is 1.03 bits per heavy atom. The van der Waals surface area contributed by atoms with Gasteiger partial charge in [-0.3, -0.25) is 0 Å². The van der Waals surface area contributed by atoms with Gasteiger partial charge in [0.15, 0.2) is 0 Å². The number of pyridine rings is 1. The molecule has 0 saturated heterocycles. The van der Waals surface area contributed by atoms with Crippen molar-refractivity contribution in [3.63, 3.8) is 0 Å². The van der Waals surface area contributed by atoms with Crippen molar-refractivity contribution in [3.8, 4) is 11.6 Å². The van der Waals surface area contributed by atoms with Crippen LogP contribution in [0, 0.1) is 34.6 Å². The zero-order chi connectivity index (χ0) is 21.6. The largest absolute Gasteiger partial charge is 0.438 e. The fourth-order valence-corrected chi connectivity index (χ4v) is 3.34. The highest BCUT2D eigenvalue weighted by Crippen LogP contribution is 2.33. The number of aromatic nitrogens is 1. The Kier molecular flexibility index (Phi) is 7.88. The topological polar surface area (TPSA) is 75.3 Å². The highest BCUT2D eigenvalue weighted by atomic mass is 16.5. The van der Waals surface area contributed by atoms with Crippen molar-refractivity contribution in [3.05, 3.63) is 46.1 Å². The van der Waals surface area contributed by atoms with Crippen molar-refractivity contribution in [2.24, 2.45) is 0 Å². The summed E-state index contributed by atoms with van der Waals surface area (Å²) in [6.45, 7) is 15.3. The number of aryl methyl sites for hydroxylation is 4. The molecule has 29 heavy (non-hydrogen) atoms. The van der Waals surface area contributed by atoms with Crippen LogP contribution in [0.15, 0.2) is 18.2 Å². The molecule has 0 fully saturated rings. The molecule has 0 saturated carbocycles. The SMILES string of the molecule is CCNC(=O)NCC(CC)Nc1cc(C)nc(Oc2c(C)cc(C)cc2C)c1C. The number of benzene rings is 1. The quantitative estimate of drug-likeness (QED) is 0.590. The maximum absolute atomic E-state index is 11.7. The van der Waals surface area contributed by atoms with E-state index in [4.69, 9.17) is 4.74 Å². The van der Waals surface area contributed by atoms with Gasteiger partial charge in [-0.15, -0.1) is 0 Å². The van der Waals surface area contributed by atoms with Gasteiger partial charge in [-0.1, -0.05) is 24.6 Å². The summed E-state index contributed by atoms with van der Waals surface area (Å²) in [5, 5.41) is 9.19. The van der Waals surface area contributed by atoms with E-state index in [0.29, 0.717) is 19.0 Å². The first kappa shape index (κ1) is 22.5. The number of carbonyl (C=O) groups excluding carboxylic acids is 1. The van der Waals surface area contributed by atoms with E-state index >= 15 is 0 Å². The molecule has 1 atom stereocenters. The molecule has 2 aromatic rings. The average molecular weight is 399 g/mol. The maximum atomic E-state index is 11.7. The fourth-order valence-electron chi connectivity index (χ4n) is 3.34. The zero-order valence-electron chi connectivity index (χ0n) is 18.7. The summed E-state index contributed by atoms with van der Waals surface area (Å²) in [7, 11) is 0. The van der Waals surface area contributed by atoms with Crippen LogP contribution in [0.4, 0.5) is 10.5 Å².